The number of nitrogens with zero attached hydrogens (tertiary/aromatic N) is 5. The van der Waals surface area contributed by atoms with Gasteiger partial charge in [-0.05, 0) is 57.2 Å². The maximum absolute atomic E-state index is 6.26. The van der Waals surface area contributed by atoms with Crippen molar-refractivity contribution in [3.63, 3.8) is 0 Å². The number of hydrogen-bond acceptors (Lipinski definition) is 6. The molecule has 1 aliphatic heterocycles. The lowest BCUT2D eigenvalue weighted by molar-refractivity contribution is 0.0171. The minimum absolute atomic E-state index is 0.144. The second-order valence-electron chi connectivity index (χ2n) is 8.92. The van der Waals surface area contributed by atoms with E-state index in [0.717, 1.165) is 46.9 Å². The lowest BCUT2D eigenvalue weighted by Gasteiger charge is -2.47. The number of anilines is 1. The number of likely N-dealkylation sites (tertiary alicyclic amines) is 1. The molecule has 5 rings (SSSR count). The van der Waals surface area contributed by atoms with Gasteiger partial charge >= 0.3 is 0 Å². The van der Waals surface area contributed by atoms with Crippen LogP contribution in [0.4, 0.5) is 5.82 Å². The number of aromatic nitrogens is 4. The van der Waals surface area contributed by atoms with Gasteiger partial charge in [-0.2, -0.15) is 5.10 Å². The maximum Gasteiger partial charge on any atom is 0.164 e. The Hall–Kier alpha value is -3.45. The number of nitrogens with two attached hydrogens (primary N) is 1. The molecule has 2 aromatic carbocycles. The molecule has 0 spiro atoms. The molecule has 0 radical (unpaired) electrons. The summed E-state index contributed by atoms with van der Waals surface area (Å²) in [5.74, 6) is 2.02. The summed E-state index contributed by atoms with van der Waals surface area (Å²) < 4.78 is 7.93. The van der Waals surface area contributed by atoms with E-state index in [2.05, 4.69) is 35.6 Å². The van der Waals surface area contributed by atoms with Crippen LogP contribution in [0.25, 0.3) is 22.3 Å². The highest BCUT2D eigenvalue weighted by atomic mass is 16.5. The predicted octanol–water partition coefficient (Wildman–Crippen LogP) is 4.52. The first-order valence-corrected chi connectivity index (χ1v) is 10.5. The Bertz CT molecular complexity index is 1200. The number of benzene rings is 2. The van der Waals surface area contributed by atoms with Crippen LogP contribution in [0.1, 0.15) is 26.8 Å². The molecule has 0 saturated carbocycles. The number of hydrogen-bond donors (Lipinski definition) is 1. The number of para-hydroxylation sites is 1. The number of nitrogen functional groups attached to an aromatic ring is 1. The Morgan fingerprint density at radius 3 is 2.29 bits per heavy atom. The van der Waals surface area contributed by atoms with E-state index in [4.69, 9.17) is 15.6 Å². The van der Waals surface area contributed by atoms with Crippen LogP contribution in [0.3, 0.4) is 0 Å². The fourth-order valence-electron chi connectivity index (χ4n) is 3.92. The lowest BCUT2D eigenvalue weighted by Crippen LogP contribution is -2.56. The van der Waals surface area contributed by atoms with Gasteiger partial charge in [0.05, 0.1) is 11.4 Å². The summed E-state index contributed by atoms with van der Waals surface area (Å²) >= 11 is 0. The molecular weight excluding hydrogens is 388 g/mol. The van der Waals surface area contributed by atoms with Crippen molar-refractivity contribution in [3.05, 3.63) is 60.9 Å². The molecule has 3 heterocycles. The maximum atomic E-state index is 6.26. The number of fused-ring (bicyclic) bond motifs is 1. The molecule has 0 unspecified atom stereocenters. The van der Waals surface area contributed by atoms with Crippen LogP contribution in [0.5, 0.6) is 11.5 Å². The second kappa shape index (κ2) is 7.35. The third-order valence-corrected chi connectivity index (χ3v) is 5.78. The Morgan fingerprint density at radius 2 is 1.61 bits per heavy atom. The van der Waals surface area contributed by atoms with Gasteiger partial charge in [0.2, 0.25) is 0 Å². The molecule has 2 aromatic heterocycles. The van der Waals surface area contributed by atoms with Crippen LogP contribution < -0.4 is 10.5 Å². The summed E-state index contributed by atoms with van der Waals surface area (Å²) in [4.78, 5) is 11.2. The highest BCUT2D eigenvalue weighted by Gasteiger charge is 2.37. The van der Waals surface area contributed by atoms with E-state index in [1.807, 2.05) is 59.3 Å². The summed E-state index contributed by atoms with van der Waals surface area (Å²) in [5.41, 5.74) is 8.94. The van der Waals surface area contributed by atoms with E-state index in [-0.39, 0.29) is 11.6 Å². The molecule has 2 N–H and O–H groups in total. The second-order valence-corrected chi connectivity index (χ2v) is 8.92. The van der Waals surface area contributed by atoms with Crippen LogP contribution in [-0.4, -0.2) is 43.3 Å². The van der Waals surface area contributed by atoms with E-state index in [1.165, 1.54) is 6.33 Å². The molecular formula is C24H26N6O. The standard InChI is InChI=1S/C24H26N6O/c1-24(2,3)29-13-17(14-29)30-23-20(22(25)26-15-27-23)21(28-30)16-9-11-19(12-10-16)31-18-7-5-4-6-8-18/h4-12,15,17H,13-14H2,1-3H3,(H2,25,26,27). The first-order valence-electron chi connectivity index (χ1n) is 10.5. The Labute approximate surface area is 181 Å². The zero-order chi connectivity index (χ0) is 21.6. The van der Waals surface area contributed by atoms with Crippen molar-refractivity contribution in [1.29, 1.82) is 0 Å². The topological polar surface area (TPSA) is 82.1 Å². The predicted molar refractivity (Wildman–Crippen MR) is 122 cm³/mol. The largest absolute Gasteiger partial charge is 0.457 e. The third kappa shape index (κ3) is 3.61. The van der Waals surface area contributed by atoms with Crippen molar-refractivity contribution in [2.75, 3.05) is 18.8 Å². The third-order valence-electron chi connectivity index (χ3n) is 5.78. The van der Waals surface area contributed by atoms with E-state index < -0.39 is 0 Å². The molecule has 7 nitrogen and oxygen atoms in total. The zero-order valence-corrected chi connectivity index (χ0v) is 18.0. The summed E-state index contributed by atoms with van der Waals surface area (Å²) in [5, 5.41) is 5.74. The first-order chi connectivity index (χ1) is 14.9. The van der Waals surface area contributed by atoms with Gasteiger partial charge in [0.25, 0.3) is 0 Å². The minimum Gasteiger partial charge on any atom is -0.457 e. The quantitative estimate of drug-likeness (QED) is 0.529. The van der Waals surface area contributed by atoms with Crippen LogP contribution in [0.15, 0.2) is 60.9 Å². The van der Waals surface area contributed by atoms with Crippen molar-refractivity contribution in [2.45, 2.75) is 32.4 Å². The van der Waals surface area contributed by atoms with Gasteiger partial charge in [-0.1, -0.05) is 18.2 Å². The number of rotatable bonds is 4. The Balaban J connectivity index is 1.47. The van der Waals surface area contributed by atoms with Crippen LogP contribution >= 0.6 is 0 Å². The van der Waals surface area contributed by atoms with Crippen molar-refractivity contribution in [1.82, 2.24) is 24.6 Å². The van der Waals surface area contributed by atoms with E-state index in [1.54, 1.807) is 0 Å². The monoisotopic (exact) mass is 414 g/mol. The molecule has 1 fully saturated rings. The average molecular weight is 415 g/mol. The van der Waals surface area contributed by atoms with Crippen molar-refractivity contribution < 1.29 is 4.74 Å². The van der Waals surface area contributed by atoms with Crippen molar-refractivity contribution in [3.8, 4) is 22.8 Å². The zero-order valence-electron chi connectivity index (χ0n) is 18.0. The molecule has 0 atom stereocenters. The fourth-order valence-corrected chi connectivity index (χ4v) is 3.92. The average Bonchev–Trinajstić information content (AvgIpc) is 3.08. The summed E-state index contributed by atoms with van der Waals surface area (Å²) in [7, 11) is 0. The molecule has 7 heteroatoms. The molecule has 0 aliphatic carbocycles. The van der Waals surface area contributed by atoms with Gasteiger partial charge in [-0.25, -0.2) is 14.6 Å². The molecule has 158 valence electrons. The van der Waals surface area contributed by atoms with E-state index in [0.29, 0.717) is 5.82 Å². The smallest absolute Gasteiger partial charge is 0.164 e. The fraction of sp³-hybridized carbons (Fsp3) is 0.292. The summed E-state index contributed by atoms with van der Waals surface area (Å²) in [6, 6.07) is 17.9. The number of ether oxygens (including phenoxy) is 1. The van der Waals surface area contributed by atoms with Gasteiger partial charge < -0.3 is 10.5 Å². The van der Waals surface area contributed by atoms with Gasteiger partial charge in [0.15, 0.2) is 5.65 Å². The van der Waals surface area contributed by atoms with Gasteiger partial charge in [0.1, 0.15) is 29.3 Å². The Kier molecular flexibility index (Phi) is 4.63. The normalized spacial score (nSPS) is 15.2. The van der Waals surface area contributed by atoms with Crippen molar-refractivity contribution in [2.24, 2.45) is 0 Å². The molecule has 31 heavy (non-hydrogen) atoms. The summed E-state index contributed by atoms with van der Waals surface area (Å²) in [6.07, 6.45) is 1.51. The van der Waals surface area contributed by atoms with Crippen molar-refractivity contribution >= 4 is 16.9 Å². The van der Waals surface area contributed by atoms with Crippen LogP contribution in [0, 0.1) is 0 Å². The highest BCUT2D eigenvalue weighted by Crippen LogP contribution is 2.36. The molecule has 4 aromatic rings. The van der Waals surface area contributed by atoms with Gasteiger partial charge in [0, 0.05) is 24.2 Å². The lowest BCUT2D eigenvalue weighted by atomic mass is 9.98. The van der Waals surface area contributed by atoms with E-state index >= 15 is 0 Å². The SMILES string of the molecule is CC(C)(C)N1CC(n2nc(-c3ccc(Oc4ccccc4)cc3)c3c(N)ncnc32)C1. The van der Waals surface area contributed by atoms with Crippen LogP contribution in [-0.2, 0) is 0 Å². The van der Waals surface area contributed by atoms with E-state index in [9.17, 15) is 0 Å². The minimum atomic E-state index is 0.144. The Morgan fingerprint density at radius 1 is 0.935 bits per heavy atom. The summed E-state index contributed by atoms with van der Waals surface area (Å²) in [6.45, 7) is 8.57. The van der Waals surface area contributed by atoms with Gasteiger partial charge in [-0.15, -0.1) is 0 Å². The van der Waals surface area contributed by atoms with Gasteiger partial charge in [-0.3, -0.25) is 4.90 Å². The highest BCUT2D eigenvalue weighted by molar-refractivity contribution is 5.98. The molecule has 1 saturated heterocycles. The van der Waals surface area contributed by atoms with Crippen LogP contribution in [0.2, 0.25) is 0 Å². The first kappa shape index (κ1) is 19.5. The molecule has 0 bridgehead atoms. The molecule has 0 amide bonds. The molecule has 1 aliphatic rings.